The summed E-state index contributed by atoms with van der Waals surface area (Å²) < 4.78 is 0.798. The van der Waals surface area contributed by atoms with Crippen molar-refractivity contribution in [1.82, 2.24) is 4.90 Å². The van der Waals surface area contributed by atoms with Crippen LogP contribution >= 0.6 is 15.9 Å². The second-order valence-electron chi connectivity index (χ2n) is 4.74. The lowest BCUT2D eigenvalue weighted by atomic mass is 10.1. The quantitative estimate of drug-likeness (QED) is 0.928. The Labute approximate surface area is 119 Å². The van der Waals surface area contributed by atoms with Gasteiger partial charge in [-0.1, -0.05) is 6.07 Å². The van der Waals surface area contributed by atoms with Crippen LogP contribution in [0.2, 0.25) is 0 Å². The van der Waals surface area contributed by atoms with E-state index in [9.17, 15) is 9.59 Å². The lowest BCUT2D eigenvalue weighted by Crippen LogP contribution is -2.36. The number of aliphatic carboxylic acids is 1. The molecule has 1 aromatic rings. The molecular weight excluding hydrogens is 312 g/mol. The van der Waals surface area contributed by atoms with Gasteiger partial charge < -0.3 is 10.0 Å². The number of anilines is 1. The third-order valence-electron chi connectivity index (χ3n) is 3.16. The number of carbonyl (C=O) groups excluding carboxylic acids is 1. The Morgan fingerprint density at radius 1 is 1.53 bits per heavy atom. The summed E-state index contributed by atoms with van der Waals surface area (Å²) in [6, 6.07) is 5.15. The third kappa shape index (κ3) is 2.73. The van der Waals surface area contributed by atoms with Gasteiger partial charge in [0, 0.05) is 18.1 Å². The first-order chi connectivity index (χ1) is 8.90. The number of hydrogen-bond acceptors (Lipinski definition) is 2. The lowest BCUT2D eigenvalue weighted by Gasteiger charge is -2.23. The number of urea groups is 1. The molecule has 1 fully saturated rings. The van der Waals surface area contributed by atoms with Gasteiger partial charge in [-0.15, -0.1) is 0 Å². The largest absolute Gasteiger partial charge is 0.481 e. The zero-order chi connectivity index (χ0) is 14.2. The highest BCUT2D eigenvalue weighted by molar-refractivity contribution is 9.10. The maximum atomic E-state index is 12.2. The molecule has 1 aliphatic heterocycles. The first-order valence-corrected chi connectivity index (χ1v) is 6.71. The van der Waals surface area contributed by atoms with Gasteiger partial charge in [0.2, 0.25) is 0 Å². The molecular formula is C13H15BrN2O3. The summed E-state index contributed by atoms with van der Waals surface area (Å²) in [4.78, 5) is 26.2. The van der Waals surface area contributed by atoms with E-state index < -0.39 is 5.97 Å². The number of rotatable bonds is 3. The summed E-state index contributed by atoms with van der Waals surface area (Å²) in [5.41, 5.74) is 1.79. The minimum Gasteiger partial charge on any atom is -0.481 e. The average molecular weight is 327 g/mol. The van der Waals surface area contributed by atoms with Gasteiger partial charge in [-0.2, -0.15) is 0 Å². The Morgan fingerprint density at radius 2 is 2.21 bits per heavy atom. The van der Waals surface area contributed by atoms with Crippen molar-refractivity contribution in [3.63, 3.8) is 0 Å². The van der Waals surface area contributed by atoms with E-state index in [0.29, 0.717) is 12.2 Å². The summed E-state index contributed by atoms with van der Waals surface area (Å²) in [5.74, 6) is -0.902. The molecule has 0 aliphatic carbocycles. The van der Waals surface area contributed by atoms with Gasteiger partial charge in [0.15, 0.2) is 0 Å². The van der Waals surface area contributed by atoms with Crippen LogP contribution in [0.1, 0.15) is 12.0 Å². The Hall–Kier alpha value is -1.56. The summed E-state index contributed by atoms with van der Waals surface area (Å²) in [7, 11) is 1.68. The van der Waals surface area contributed by atoms with Crippen molar-refractivity contribution < 1.29 is 14.7 Å². The number of halogens is 1. The number of aryl methyl sites for hydroxylation is 1. The Kier molecular flexibility index (Phi) is 3.80. The van der Waals surface area contributed by atoms with Crippen molar-refractivity contribution >= 4 is 33.6 Å². The normalized spacial score (nSPS) is 19.1. The molecule has 0 aromatic heterocycles. The van der Waals surface area contributed by atoms with Gasteiger partial charge in [0.05, 0.1) is 18.2 Å². The van der Waals surface area contributed by atoms with Gasteiger partial charge in [-0.05, 0) is 40.5 Å². The fraction of sp³-hybridized carbons (Fsp3) is 0.385. The number of hydrogen-bond donors (Lipinski definition) is 1. The summed E-state index contributed by atoms with van der Waals surface area (Å²) in [6.07, 6.45) is -0.0591. The van der Waals surface area contributed by atoms with Gasteiger partial charge in [-0.25, -0.2) is 4.79 Å². The van der Waals surface area contributed by atoms with Crippen LogP contribution in [-0.4, -0.2) is 41.6 Å². The molecule has 0 spiro atoms. The second-order valence-corrected chi connectivity index (χ2v) is 5.59. The number of likely N-dealkylation sites (N-methyl/N-ethyl adjacent to an activating group) is 1. The van der Waals surface area contributed by atoms with Crippen molar-refractivity contribution in [2.45, 2.75) is 19.4 Å². The molecule has 2 amide bonds. The summed E-state index contributed by atoms with van der Waals surface area (Å²) in [5, 5.41) is 8.96. The van der Waals surface area contributed by atoms with Gasteiger partial charge in [-0.3, -0.25) is 9.69 Å². The zero-order valence-electron chi connectivity index (χ0n) is 10.8. The topological polar surface area (TPSA) is 60.9 Å². The van der Waals surface area contributed by atoms with Crippen molar-refractivity contribution in [3.05, 3.63) is 28.2 Å². The van der Waals surface area contributed by atoms with E-state index in [1.54, 1.807) is 16.8 Å². The molecule has 5 nitrogen and oxygen atoms in total. The van der Waals surface area contributed by atoms with Crippen molar-refractivity contribution in [2.24, 2.45) is 0 Å². The van der Waals surface area contributed by atoms with E-state index in [4.69, 9.17) is 5.11 Å². The standard InChI is InChI=1S/C13H15BrN2O3/c1-8-3-4-11(10(14)5-8)16-9(6-12(17)18)7-15(2)13(16)19/h3-5,9H,6-7H2,1-2H3,(H,17,18). The Balaban J connectivity index is 2.38. The maximum Gasteiger partial charge on any atom is 0.324 e. The van der Waals surface area contributed by atoms with E-state index in [1.165, 1.54) is 0 Å². The van der Waals surface area contributed by atoms with E-state index in [2.05, 4.69) is 15.9 Å². The number of carboxylic acids is 1. The maximum absolute atomic E-state index is 12.2. The van der Waals surface area contributed by atoms with E-state index in [1.807, 2.05) is 25.1 Å². The molecule has 1 aromatic carbocycles. The summed E-state index contributed by atoms with van der Waals surface area (Å²) in [6.45, 7) is 2.38. The smallest absolute Gasteiger partial charge is 0.324 e. The molecule has 0 saturated carbocycles. The van der Waals surface area contributed by atoms with Crippen LogP contribution < -0.4 is 4.90 Å². The first-order valence-electron chi connectivity index (χ1n) is 5.92. The Morgan fingerprint density at radius 3 is 2.79 bits per heavy atom. The second kappa shape index (κ2) is 5.21. The van der Waals surface area contributed by atoms with Crippen LogP contribution in [0.25, 0.3) is 0 Å². The fourth-order valence-electron chi connectivity index (χ4n) is 2.28. The SMILES string of the molecule is Cc1ccc(N2C(=O)N(C)CC2CC(=O)O)c(Br)c1. The molecule has 1 unspecified atom stereocenters. The zero-order valence-corrected chi connectivity index (χ0v) is 12.3. The highest BCUT2D eigenvalue weighted by Gasteiger charge is 2.38. The van der Waals surface area contributed by atoms with Crippen LogP contribution in [0.5, 0.6) is 0 Å². The van der Waals surface area contributed by atoms with E-state index in [0.717, 1.165) is 10.0 Å². The molecule has 2 rings (SSSR count). The monoisotopic (exact) mass is 326 g/mol. The van der Waals surface area contributed by atoms with Crippen LogP contribution in [0.15, 0.2) is 22.7 Å². The number of nitrogens with zero attached hydrogens (tertiary/aromatic N) is 2. The predicted molar refractivity (Wildman–Crippen MR) is 75.4 cm³/mol. The molecule has 1 heterocycles. The van der Waals surface area contributed by atoms with Crippen molar-refractivity contribution in [3.8, 4) is 0 Å². The van der Waals surface area contributed by atoms with Crippen molar-refractivity contribution in [1.29, 1.82) is 0 Å². The average Bonchev–Trinajstić information content (AvgIpc) is 2.55. The number of carbonyl (C=O) groups is 2. The van der Waals surface area contributed by atoms with Gasteiger partial charge in [0.1, 0.15) is 0 Å². The minimum absolute atomic E-state index is 0.0591. The molecule has 102 valence electrons. The van der Waals surface area contributed by atoms with Crippen LogP contribution in [0.3, 0.4) is 0 Å². The minimum atomic E-state index is -0.902. The summed E-state index contributed by atoms with van der Waals surface area (Å²) >= 11 is 3.44. The lowest BCUT2D eigenvalue weighted by molar-refractivity contribution is -0.137. The van der Waals surface area contributed by atoms with Crippen molar-refractivity contribution in [2.75, 3.05) is 18.5 Å². The Bertz CT molecular complexity index is 533. The molecule has 6 heteroatoms. The van der Waals surface area contributed by atoms with E-state index >= 15 is 0 Å². The molecule has 1 atom stereocenters. The third-order valence-corrected chi connectivity index (χ3v) is 3.79. The number of benzene rings is 1. The fourth-order valence-corrected chi connectivity index (χ4v) is 2.96. The highest BCUT2D eigenvalue weighted by atomic mass is 79.9. The molecule has 0 bridgehead atoms. The predicted octanol–water partition coefficient (Wildman–Crippen LogP) is 2.47. The molecule has 1 N–H and O–H groups in total. The van der Waals surface area contributed by atoms with Crippen LogP contribution in [0.4, 0.5) is 10.5 Å². The van der Waals surface area contributed by atoms with Gasteiger partial charge in [0.25, 0.3) is 0 Å². The van der Waals surface area contributed by atoms with Crippen LogP contribution in [0, 0.1) is 6.92 Å². The van der Waals surface area contributed by atoms with Gasteiger partial charge >= 0.3 is 12.0 Å². The molecule has 0 radical (unpaired) electrons. The van der Waals surface area contributed by atoms with E-state index in [-0.39, 0.29) is 18.5 Å². The van der Waals surface area contributed by atoms with Crippen LogP contribution in [-0.2, 0) is 4.79 Å². The molecule has 1 saturated heterocycles. The number of carboxylic acid groups (broad SMARTS) is 1. The number of amides is 2. The molecule has 19 heavy (non-hydrogen) atoms. The molecule has 1 aliphatic rings. The first kappa shape index (κ1) is 13.9. The highest BCUT2D eigenvalue weighted by Crippen LogP contribution is 2.32.